The van der Waals surface area contributed by atoms with Gasteiger partial charge in [-0.15, -0.1) is 24.8 Å². The minimum Gasteiger partial charge on any atom is -0.301 e. The molecule has 2 aliphatic heterocycles. The summed E-state index contributed by atoms with van der Waals surface area (Å²) < 4.78 is 0. The van der Waals surface area contributed by atoms with Crippen molar-refractivity contribution in [3.63, 3.8) is 0 Å². The maximum atomic E-state index is 10.3. The summed E-state index contributed by atoms with van der Waals surface area (Å²) in [5, 5.41) is 0. The highest BCUT2D eigenvalue weighted by Gasteiger charge is 2.14. The molecule has 0 amide bonds. The Hall–Kier alpha value is -0.930. The summed E-state index contributed by atoms with van der Waals surface area (Å²) >= 11 is 0. The lowest BCUT2D eigenvalue weighted by Crippen LogP contribution is -2.16. The van der Waals surface area contributed by atoms with Crippen molar-refractivity contribution < 1.29 is 4.79 Å². The molecule has 1 atom stereocenters. The third-order valence-electron chi connectivity index (χ3n) is 1.59. The van der Waals surface area contributed by atoms with Crippen LogP contribution in [0.15, 0.2) is 34.4 Å². The molecule has 0 saturated heterocycles. The molecule has 0 radical (unpaired) electrons. The Morgan fingerprint density at radius 3 is 2.69 bits per heavy atom. The van der Waals surface area contributed by atoms with Gasteiger partial charge in [0.15, 0.2) is 0 Å². The second kappa shape index (κ2) is 4.94. The fraction of sp³-hybridized carbons (Fsp3) is 0.125. The van der Waals surface area contributed by atoms with Gasteiger partial charge in [0.25, 0.3) is 0 Å². The first-order valence-corrected chi connectivity index (χ1v) is 3.36. The molecule has 2 rings (SSSR count). The average molecular weight is 219 g/mol. The van der Waals surface area contributed by atoms with Crippen molar-refractivity contribution in [1.29, 1.82) is 0 Å². The lowest BCUT2D eigenvalue weighted by atomic mass is 10.1. The van der Waals surface area contributed by atoms with Gasteiger partial charge in [-0.1, -0.05) is 6.08 Å². The van der Waals surface area contributed by atoms with Crippen LogP contribution in [0, 0.1) is 0 Å². The number of hydrogen-bond donors (Lipinski definition) is 0. The quantitative estimate of drug-likeness (QED) is 0.614. The molecule has 1 unspecified atom stereocenters. The number of aldehydes is 1. The maximum absolute atomic E-state index is 10.3. The number of rotatable bonds is 1. The van der Waals surface area contributed by atoms with Crippen LogP contribution in [0.3, 0.4) is 0 Å². The number of dihydropyridines is 1. The molecule has 0 aromatic rings. The van der Waals surface area contributed by atoms with Crippen LogP contribution in [-0.2, 0) is 4.79 Å². The Morgan fingerprint density at radius 1 is 1.23 bits per heavy atom. The van der Waals surface area contributed by atoms with Crippen molar-refractivity contribution in [2.24, 2.45) is 9.98 Å². The third-order valence-corrected chi connectivity index (χ3v) is 1.59. The Balaban J connectivity index is 0.000000720. The van der Waals surface area contributed by atoms with Crippen LogP contribution in [0.1, 0.15) is 0 Å². The number of allylic oxidation sites excluding steroid dienone is 2. The van der Waals surface area contributed by atoms with E-state index in [-0.39, 0.29) is 30.9 Å². The van der Waals surface area contributed by atoms with E-state index in [1.807, 2.05) is 6.08 Å². The zero-order valence-corrected chi connectivity index (χ0v) is 8.22. The lowest BCUT2D eigenvalue weighted by Gasteiger charge is -2.05. The van der Waals surface area contributed by atoms with Crippen molar-refractivity contribution in [3.05, 3.63) is 24.4 Å². The number of fused-ring (bicyclic) bond motifs is 1. The van der Waals surface area contributed by atoms with Gasteiger partial charge in [0.1, 0.15) is 12.3 Å². The fourth-order valence-corrected chi connectivity index (χ4v) is 1.05. The average Bonchev–Trinajstić information content (AvgIpc) is 2.50. The van der Waals surface area contributed by atoms with Gasteiger partial charge < -0.3 is 4.79 Å². The summed E-state index contributed by atoms with van der Waals surface area (Å²) in [6.07, 6.45) is 7.86. The van der Waals surface area contributed by atoms with E-state index in [0.29, 0.717) is 0 Å². The number of nitrogens with zero attached hydrogens (tertiary/aromatic N) is 2. The summed E-state index contributed by atoms with van der Waals surface area (Å²) in [6, 6.07) is -0.313. The molecule has 0 spiro atoms. The molecule has 2 heterocycles. The van der Waals surface area contributed by atoms with Crippen LogP contribution < -0.4 is 0 Å². The molecule has 0 bridgehead atoms. The van der Waals surface area contributed by atoms with E-state index in [0.717, 1.165) is 17.7 Å². The van der Waals surface area contributed by atoms with Crippen molar-refractivity contribution in [3.8, 4) is 0 Å². The molecule has 2 aliphatic rings. The van der Waals surface area contributed by atoms with Crippen molar-refractivity contribution in [1.82, 2.24) is 0 Å². The molecule has 0 aromatic heterocycles. The van der Waals surface area contributed by atoms with Crippen LogP contribution in [0.5, 0.6) is 0 Å². The van der Waals surface area contributed by atoms with Gasteiger partial charge in [-0.05, 0) is 12.2 Å². The molecular formula is C8H8Cl2N2O. The Morgan fingerprint density at radius 2 is 2.00 bits per heavy atom. The molecule has 13 heavy (non-hydrogen) atoms. The van der Waals surface area contributed by atoms with Gasteiger partial charge in [-0.3, -0.25) is 9.98 Å². The van der Waals surface area contributed by atoms with E-state index >= 15 is 0 Å². The molecule has 0 N–H and O–H groups in total. The first-order valence-electron chi connectivity index (χ1n) is 3.36. The zero-order chi connectivity index (χ0) is 7.68. The predicted molar refractivity (Wildman–Crippen MR) is 57.5 cm³/mol. The zero-order valence-electron chi connectivity index (χ0n) is 6.58. The van der Waals surface area contributed by atoms with E-state index in [1.165, 1.54) is 0 Å². The lowest BCUT2D eigenvalue weighted by molar-refractivity contribution is -0.108. The summed E-state index contributed by atoms with van der Waals surface area (Å²) in [6.45, 7) is 0. The Kier molecular flexibility index (Phi) is 4.59. The van der Waals surface area contributed by atoms with Crippen LogP contribution in [-0.4, -0.2) is 23.8 Å². The van der Waals surface area contributed by atoms with E-state index in [4.69, 9.17) is 0 Å². The number of hydrogen-bond acceptors (Lipinski definition) is 3. The highest BCUT2D eigenvalue weighted by atomic mass is 35.5. The number of aliphatic imine (C=N–C) groups is 2. The van der Waals surface area contributed by atoms with E-state index in [9.17, 15) is 4.79 Å². The highest BCUT2D eigenvalue weighted by molar-refractivity contribution is 6.52. The third kappa shape index (κ3) is 2.26. The minimum atomic E-state index is -0.313. The minimum absolute atomic E-state index is 0. The maximum Gasteiger partial charge on any atom is 0.148 e. The van der Waals surface area contributed by atoms with Crippen molar-refractivity contribution in [2.75, 3.05) is 0 Å². The molecule has 3 nitrogen and oxygen atoms in total. The van der Waals surface area contributed by atoms with Crippen LogP contribution in [0.4, 0.5) is 0 Å². The molecule has 0 fully saturated rings. The van der Waals surface area contributed by atoms with Crippen molar-refractivity contribution in [2.45, 2.75) is 6.04 Å². The second-order valence-corrected chi connectivity index (χ2v) is 2.33. The topological polar surface area (TPSA) is 41.8 Å². The fourth-order valence-electron chi connectivity index (χ4n) is 1.05. The summed E-state index contributed by atoms with van der Waals surface area (Å²) in [7, 11) is 0. The number of halogens is 2. The Bertz CT molecular complexity index is 318. The summed E-state index contributed by atoms with van der Waals surface area (Å²) in [5.74, 6) is 0. The van der Waals surface area contributed by atoms with E-state index < -0.39 is 0 Å². The summed E-state index contributed by atoms with van der Waals surface area (Å²) in [5.41, 5.74) is 1.66. The van der Waals surface area contributed by atoms with Gasteiger partial charge in [0.2, 0.25) is 0 Å². The molecular weight excluding hydrogens is 211 g/mol. The van der Waals surface area contributed by atoms with Gasteiger partial charge in [-0.2, -0.15) is 0 Å². The Labute approximate surface area is 88.2 Å². The monoisotopic (exact) mass is 218 g/mol. The number of carbonyl (C=O) groups is 1. The van der Waals surface area contributed by atoms with Gasteiger partial charge in [-0.25, -0.2) is 0 Å². The van der Waals surface area contributed by atoms with Crippen LogP contribution >= 0.6 is 24.8 Å². The standard InChI is InChI=1S/C8H6N2O.2ClH/c11-5-6-1-2-7-8(10-6)3-4-9-7;;/h1-6H;2*1H. The molecule has 0 aliphatic carbocycles. The smallest absolute Gasteiger partial charge is 0.148 e. The van der Waals surface area contributed by atoms with Gasteiger partial charge in [0, 0.05) is 6.20 Å². The number of carbonyl (C=O) groups excluding carboxylic acids is 1. The van der Waals surface area contributed by atoms with E-state index in [2.05, 4.69) is 9.98 Å². The van der Waals surface area contributed by atoms with E-state index in [1.54, 1.807) is 18.4 Å². The normalized spacial score (nSPS) is 22.0. The summed E-state index contributed by atoms with van der Waals surface area (Å²) in [4.78, 5) is 18.5. The van der Waals surface area contributed by atoms with Crippen molar-refractivity contribution >= 4 is 42.5 Å². The van der Waals surface area contributed by atoms with Gasteiger partial charge in [0.05, 0.1) is 11.4 Å². The molecule has 70 valence electrons. The first kappa shape index (κ1) is 12.1. The molecule has 5 heteroatoms. The van der Waals surface area contributed by atoms with Crippen LogP contribution in [0.2, 0.25) is 0 Å². The largest absolute Gasteiger partial charge is 0.301 e. The van der Waals surface area contributed by atoms with Gasteiger partial charge >= 0.3 is 0 Å². The molecule has 0 saturated carbocycles. The second-order valence-electron chi connectivity index (χ2n) is 2.33. The predicted octanol–water partition coefficient (Wildman–Crippen LogP) is 1.38. The first-order chi connectivity index (χ1) is 5.40. The van der Waals surface area contributed by atoms with Crippen LogP contribution in [0.25, 0.3) is 0 Å². The highest BCUT2D eigenvalue weighted by Crippen LogP contribution is 2.07. The SMILES string of the molecule is Cl.Cl.O=CC1C=CC2=NC=CC2=N1. The molecule has 0 aromatic carbocycles.